The number of nitrogens with one attached hydrogen (secondary N) is 1. The molecule has 0 saturated heterocycles. The fourth-order valence-electron chi connectivity index (χ4n) is 2.02. The van der Waals surface area contributed by atoms with E-state index in [1.807, 2.05) is 0 Å². The molecule has 2 aromatic rings. The van der Waals surface area contributed by atoms with Crippen LogP contribution in [-0.2, 0) is 4.79 Å². The van der Waals surface area contributed by atoms with Crippen LogP contribution in [0.5, 0.6) is 11.5 Å². The molecule has 124 valence electrons. The highest BCUT2D eigenvalue weighted by Crippen LogP contribution is 2.25. The summed E-state index contributed by atoms with van der Waals surface area (Å²) in [6, 6.07) is 10.9. The first-order valence-electron chi connectivity index (χ1n) is 6.99. The van der Waals surface area contributed by atoms with Gasteiger partial charge in [-0.05, 0) is 30.3 Å². The van der Waals surface area contributed by atoms with Crippen LogP contribution in [0, 0.1) is 10.1 Å². The minimum atomic E-state index is -0.521. The Balaban J connectivity index is 2.13. The second-order valence-electron chi connectivity index (χ2n) is 4.74. The van der Waals surface area contributed by atoms with Crippen LogP contribution < -0.4 is 14.8 Å². The first kappa shape index (κ1) is 17.0. The van der Waals surface area contributed by atoms with Gasteiger partial charge in [0.05, 0.1) is 19.1 Å². The van der Waals surface area contributed by atoms with Gasteiger partial charge in [0.25, 0.3) is 5.69 Å². The Morgan fingerprint density at radius 2 is 1.96 bits per heavy atom. The van der Waals surface area contributed by atoms with Gasteiger partial charge in [-0.25, -0.2) is 0 Å². The van der Waals surface area contributed by atoms with Crippen molar-refractivity contribution in [3.8, 4) is 11.5 Å². The molecule has 0 aromatic heterocycles. The van der Waals surface area contributed by atoms with Crippen LogP contribution in [0.2, 0.25) is 0 Å². The predicted molar refractivity (Wildman–Crippen MR) is 90.3 cm³/mol. The average Bonchev–Trinajstić information content (AvgIpc) is 2.59. The van der Waals surface area contributed by atoms with Gasteiger partial charge < -0.3 is 14.8 Å². The van der Waals surface area contributed by atoms with Crippen LogP contribution >= 0.6 is 0 Å². The third-order valence-corrected chi connectivity index (χ3v) is 3.18. The maximum absolute atomic E-state index is 12.0. The average molecular weight is 328 g/mol. The summed E-state index contributed by atoms with van der Waals surface area (Å²) in [6.45, 7) is 0. The summed E-state index contributed by atoms with van der Waals surface area (Å²) in [4.78, 5) is 22.2. The molecule has 0 aliphatic heterocycles. The van der Waals surface area contributed by atoms with E-state index in [1.165, 1.54) is 31.4 Å². The van der Waals surface area contributed by atoms with E-state index in [0.29, 0.717) is 22.7 Å². The lowest BCUT2D eigenvalue weighted by Gasteiger charge is -2.07. The largest absolute Gasteiger partial charge is 0.497 e. The molecule has 0 unspecified atom stereocenters. The van der Waals surface area contributed by atoms with Gasteiger partial charge in [0.2, 0.25) is 5.91 Å². The molecular weight excluding hydrogens is 312 g/mol. The highest BCUT2D eigenvalue weighted by atomic mass is 16.6. The van der Waals surface area contributed by atoms with E-state index in [-0.39, 0.29) is 5.69 Å². The minimum absolute atomic E-state index is 0.0914. The van der Waals surface area contributed by atoms with E-state index in [0.717, 1.165) is 0 Å². The van der Waals surface area contributed by atoms with Gasteiger partial charge in [-0.3, -0.25) is 14.9 Å². The van der Waals surface area contributed by atoms with Gasteiger partial charge in [0.15, 0.2) is 0 Å². The molecule has 2 rings (SSSR count). The van der Waals surface area contributed by atoms with Crippen molar-refractivity contribution in [2.75, 3.05) is 19.5 Å². The number of non-ortho nitro benzene ring substituents is 1. The second-order valence-corrected chi connectivity index (χ2v) is 4.74. The van der Waals surface area contributed by atoms with Gasteiger partial charge in [0.1, 0.15) is 11.5 Å². The topological polar surface area (TPSA) is 90.7 Å². The Morgan fingerprint density at radius 1 is 1.17 bits per heavy atom. The molecule has 7 nitrogen and oxygen atoms in total. The molecule has 7 heteroatoms. The number of rotatable bonds is 6. The fourth-order valence-corrected chi connectivity index (χ4v) is 2.02. The number of amides is 1. The number of nitro groups is 1. The molecule has 0 saturated carbocycles. The van der Waals surface area contributed by atoms with E-state index in [9.17, 15) is 14.9 Å². The van der Waals surface area contributed by atoms with Gasteiger partial charge >= 0.3 is 0 Å². The lowest BCUT2D eigenvalue weighted by atomic mass is 10.1. The van der Waals surface area contributed by atoms with E-state index >= 15 is 0 Å². The number of methoxy groups -OCH3 is 2. The highest BCUT2D eigenvalue weighted by molar-refractivity contribution is 6.02. The molecular formula is C17H16N2O5. The normalized spacial score (nSPS) is 10.4. The van der Waals surface area contributed by atoms with Crippen molar-refractivity contribution < 1.29 is 19.2 Å². The van der Waals surface area contributed by atoms with Crippen LogP contribution in [0.4, 0.5) is 11.4 Å². The number of hydrogen-bond acceptors (Lipinski definition) is 5. The van der Waals surface area contributed by atoms with Crippen molar-refractivity contribution in [3.05, 3.63) is 64.2 Å². The van der Waals surface area contributed by atoms with E-state index in [4.69, 9.17) is 9.47 Å². The molecule has 0 radical (unpaired) electrons. The molecule has 0 aliphatic rings. The summed E-state index contributed by atoms with van der Waals surface area (Å²) < 4.78 is 10.4. The predicted octanol–water partition coefficient (Wildman–Crippen LogP) is 3.26. The monoisotopic (exact) mass is 328 g/mol. The molecule has 2 aromatic carbocycles. The van der Waals surface area contributed by atoms with Gasteiger partial charge in [-0.15, -0.1) is 0 Å². The summed E-state index contributed by atoms with van der Waals surface area (Å²) in [5, 5.41) is 13.3. The van der Waals surface area contributed by atoms with Crippen LogP contribution in [0.25, 0.3) is 6.08 Å². The highest BCUT2D eigenvalue weighted by Gasteiger charge is 2.07. The standard InChI is InChI=1S/C17H16N2O5/c1-23-15-7-8-16(24-2)12(10-15)6-9-17(20)18-13-4-3-5-14(11-13)19(21)22/h3-11H,1-2H3,(H,18,20)/b9-6+. The van der Waals surface area contributed by atoms with Crippen molar-refractivity contribution in [2.45, 2.75) is 0 Å². The molecule has 0 heterocycles. The van der Waals surface area contributed by atoms with Crippen LogP contribution in [-0.4, -0.2) is 25.1 Å². The Bertz CT molecular complexity index is 786. The Morgan fingerprint density at radius 3 is 2.62 bits per heavy atom. The van der Waals surface area contributed by atoms with E-state index in [2.05, 4.69) is 5.32 Å². The lowest BCUT2D eigenvalue weighted by molar-refractivity contribution is -0.384. The molecule has 0 aliphatic carbocycles. The molecule has 0 fully saturated rings. The zero-order valence-electron chi connectivity index (χ0n) is 13.2. The summed E-state index contributed by atoms with van der Waals surface area (Å²) in [6.07, 6.45) is 2.89. The first-order valence-corrected chi connectivity index (χ1v) is 6.99. The lowest BCUT2D eigenvalue weighted by Crippen LogP contribution is -2.07. The Kier molecular flexibility index (Phi) is 5.51. The van der Waals surface area contributed by atoms with E-state index < -0.39 is 10.8 Å². The third-order valence-electron chi connectivity index (χ3n) is 3.18. The van der Waals surface area contributed by atoms with Crippen molar-refractivity contribution in [3.63, 3.8) is 0 Å². The van der Waals surface area contributed by atoms with Crippen LogP contribution in [0.3, 0.4) is 0 Å². The zero-order valence-corrected chi connectivity index (χ0v) is 13.2. The van der Waals surface area contributed by atoms with Gasteiger partial charge in [0, 0.05) is 29.5 Å². The molecule has 24 heavy (non-hydrogen) atoms. The molecule has 0 atom stereocenters. The number of ether oxygens (including phenoxy) is 2. The fraction of sp³-hybridized carbons (Fsp3) is 0.118. The second kappa shape index (κ2) is 7.77. The summed E-state index contributed by atoms with van der Waals surface area (Å²) in [5.74, 6) is 0.810. The van der Waals surface area contributed by atoms with Gasteiger partial charge in [-0.2, -0.15) is 0 Å². The third kappa shape index (κ3) is 4.33. The summed E-state index contributed by atoms with van der Waals surface area (Å²) in [7, 11) is 3.08. The van der Waals surface area contributed by atoms with Crippen LogP contribution in [0.1, 0.15) is 5.56 Å². The molecule has 1 N–H and O–H groups in total. The van der Waals surface area contributed by atoms with Crippen molar-refractivity contribution >= 4 is 23.4 Å². The minimum Gasteiger partial charge on any atom is -0.497 e. The molecule has 0 spiro atoms. The number of carbonyl (C=O) groups is 1. The SMILES string of the molecule is COc1ccc(OC)c(/C=C/C(=O)Nc2cccc([N+](=O)[O-])c2)c1. The Labute approximate surface area is 138 Å². The maximum atomic E-state index is 12.0. The number of anilines is 1. The smallest absolute Gasteiger partial charge is 0.271 e. The van der Waals surface area contributed by atoms with Crippen molar-refractivity contribution in [2.24, 2.45) is 0 Å². The zero-order chi connectivity index (χ0) is 17.5. The number of hydrogen-bond donors (Lipinski definition) is 1. The van der Waals surface area contributed by atoms with Crippen LogP contribution in [0.15, 0.2) is 48.5 Å². The number of nitro benzene ring substituents is 1. The van der Waals surface area contributed by atoms with E-state index in [1.54, 1.807) is 37.5 Å². The molecule has 0 bridgehead atoms. The Hall–Kier alpha value is -3.35. The summed E-state index contributed by atoms with van der Waals surface area (Å²) >= 11 is 0. The summed E-state index contributed by atoms with van der Waals surface area (Å²) in [5.41, 5.74) is 0.925. The number of nitrogens with zero attached hydrogens (tertiary/aromatic N) is 1. The number of benzene rings is 2. The first-order chi connectivity index (χ1) is 11.5. The maximum Gasteiger partial charge on any atom is 0.271 e. The molecule has 1 amide bonds. The quantitative estimate of drug-likeness (QED) is 0.499. The van der Waals surface area contributed by atoms with Gasteiger partial charge in [-0.1, -0.05) is 6.07 Å². The number of carbonyl (C=O) groups excluding carboxylic acids is 1. The van der Waals surface area contributed by atoms with Crippen molar-refractivity contribution in [1.29, 1.82) is 0 Å². The van der Waals surface area contributed by atoms with Crippen molar-refractivity contribution in [1.82, 2.24) is 0 Å².